The van der Waals surface area contributed by atoms with Gasteiger partial charge in [-0.05, 0) is 49.9 Å². The highest BCUT2D eigenvalue weighted by Crippen LogP contribution is 2.33. The number of aromatic amines is 1. The largest absolute Gasteiger partial charge is 0.370 e. The molecule has 0 fully saturated rings. The number of fused-ring (bicyclic) bond motifs is 3. The fourth-order valence-electron chi connectivity index (χ4n) is 3.20. The van der Waals surface area contributed by atoms with Gasteiger partial charge in [0.2, 0.25) is 0 Å². The fraction of sp³-hybridized carbons (Fsp3) is 0.438. The maximum absolute atomic E-state index is 5.34. The molecule has 0 saturated heterocycles. The van der Waals surface area contributed by atoms with Crippen LogP contribution in [0.4, 0.5) is 0 Å². The molecule has 6 heteroatoms. The molecule has 1 atom stereocenters. The van der Waals surface area contributed by atoms with Crippen molar-refractivity contribution in [1.29, 1.82) is 0 Å². The lowest BCUT2D eigenvalue weighted by Gasteiger charge is -2.24. The Balaban J connectivity index is 1.71. The third-order valence-corrected chi connectivity index (χ3v) is 4.70. The number of nitrogens with zero attached hydrogens (tertiary/aromatic N) is 1. The van der Waals surface area contributed by atoms with Crippen molar-refractivity contribution < 1.29 is 0 Å². The standard InChI is InChI=1S/C16H22BrN5/c17-10-4-5-11-12-6-8-20-13(15(12)22-14(11)9-10)3-1-2-7-21-16(18)19/h4-5,9,13,20,22H,1-3,6-8H2,(H4,18,19,21). The van der Waals surface area contributed by atoms with Crippen LogP contribution in [0.5, 0.6) is 0 Å². The Bertz CT molecular complexity index is 687. The maximum atomic E-state index is 5.34. The summed E-state index contributed by atoms with van der Waals surface area (Å²) in [5.41, 5.74) is 14.7. The first-order valence-electron chi connectivity index (χ1n) is 7.74. The van der Waals surface area contributed by atoms with Crippen LogP contribution in [0.15, 0.2) is 27.7 Å². The van der Waals surface area contributed by atoms with E-state index in [1.54, 1.807) is 0 Å². The number of hydrogen-bond acceptors (Lipinski definition) is 2. The Labute approximate surface area is 138 Å². The second kappa shape index (κ2) is 6.71. The van der Waals surface area contributed by atoms with Crippen LogP contribution in [0.2, 0.25) is 0 Å². The lowest BCUT2D eigenvalue weighted by atomic mass is 9.96. The van der Waals surface area contributed by atoms with Crippen molar-refractivity contribution in [3.05, 3.63) is 33.9 Å². The first kappa shape index (κ1) is 15.4. The molecule has 22 heavy (non-hydrogen) atoms. The maximum Gasteiger partial charge on any atom is 0.185 e. The SMILES string of the molecule is NC(N)=NCCCCC1NCCc2c1[nH]c1cc(Br)ccc21. The monoisotopic (exact) mass is 363 g/mol. The summed E-state index contributed by atoms with van der Waals surface area (Å²) in [5, 5.41) is 4.97. The summed E-state index contributed by atoms with van der Waals surface area (Å²) in [7, 11) is 0. The number of benzene rings is 1. The third-order valence-electron chi connectivity index (χ3n) is 4.21. The van der Waals surface area contributed by atoms with E-state index >= 15 is 0 Å². The van der Waals surface area contributed by atoms with Gasteiger partial charge in [-0.15, -0.1) is 0 Å². The summed E-state index contributed by atoms with van der Waals surface area (Å²) in [6.07, 6.45) is 4.30. The Morgan fingerprint density at radius 2 is 2.18 bits per heavy atom. The molecule has 1 unspecified atom stereocenters. The fourth-order valence-corrected chi connectivity index (χ4v) is 3.56. The van der Waals surface area contributed by atoms with Crippen LogP contribution in [-0.2, 0) is 6.42 Å². The van der Waals surface area contributed by atoms with Gasteiger partial charge in [-0.2, -0.15) is 0 Å². The lowest BCUT2D eigenvalue weighted by molar-refractivity contribution is 0.451. The molecule has 0 radical (unpaired) electrons. The van der Waals surface area contributed by atoms with E-state index in [9.17, 15) is 0 Å². The van der Waals surface area contributed by atoms with Crippen LogP contribution in [-0.4, -0.2) is 24.0 Å². The molecular weight excluding hydrogens is 342 g/mol. The molecule has 118 valence electrons. The molecule has 2 aromatic rings. The van der Waals surface area contributed by atoms with Gasteiger partial charge in [0.05, 0.1) is 0 Å². The van der Waals surface area contributed by atoms with Gasteiger partial charge in [0, 0.05) is 33.7 Å². The molecule has 3 rings (SSSR count). The molecule has 1 aromatic heterocycles. The molecule has 1 aliphatic rings. The van der Waals surface area contributed by atoms with Crippen molar-refractivity contribution in [1.82, 2.24) is 10.3 Å². The van der Waals surface area contributed by atoms with Crippen LogP contribution in [0.3, 0.4) is 0 Å². The number of nitrogens with two attached hydrogens (primary N) is 2. The van der Waals surface area contributed by atoms with Crippen LogP contribution < -0.4 is 16.8 Å². The van der Waals surface area contributed by atoms with Gasteiger partial charge in [0.15, 0.2) is 5.96 Å². The Hall–Kier alpha value is -1.53. The number of aliphatic imine (C=N–C) groups is 1. The highest BCUT2D eigenvalue weighted by atomic mass is 79.9. The van der Waals surface area contributed by atoms with E-state index in [1.807, 2.05) is 0 Å². The number of rotatable bonds is 5. The number of unbranched alkanes of at least 4 members (excludes halogenated alkanes) is 1. The summed E-state index contributed by atoms with van der Waals surface area (Å²) in [6, 6.07) is 6.87. The molecule has 1 aromatic carbocycles. The van der Waals surface area contributed by atoms with Crippen molar-refractivity contribution >= 4 is 32.8 Å². The van der Waals surface area contributed by atoms with Gasteiger partial charge in [-0.1, -0.05) is 22.0 Å². The second-order valence-electron chi connectivity index (χ2n) is 5.77. The molecule has 6 N–H and O–H groups in total. The van der Waals surface area contributed by atoms with E-state index in [-0.39, 0.29) is 5.96 Å². The average Bonchev–Trinajstić information content (AvgIpc) is 2.84. The molecule has 0 aliphatic carbocycles. The van der Waals surface area contributed by atoms with Crippen molar-refractivity contribution in [2.75, 3.05) is 13.1 Å². The molecule has 0 amide bonds. The molecule has 1 aliphatic heterocycles. The van der Waals surface area contributed by atoms with E-state index in [2.05, 4.69) is 49.4 Å². The zero-order chi connectivity index (χ0) is 15.5. The number of guanidine groups is 1. The predicted molar refractivity (Wildman–Crippen MR) is 95.0 cm³/mol. The van der Waals surface area contributed by atoms with Gasteiger partial charge in [-0.3, -0.25) is 4.99 Å². The summed E-state index contributed by atoms with van der Waals surface area (Å²) < 4.78 is 1.11. The first-order valence-corrected chi connectivity index (χ1v) is 8.53. The van der Waals surface area contributed by atoms with Gasteiger partial charge in [-0.25, -0.2) is 0 Å². The van der Waals surface area contributed by atoms with Crippen molar-refractivity contribution in [2.24, 2.45) is 16.5 Å². The zero-order valence-electron chi connectivity index (χ0n) is 12.5. The predicted octanol–water partition coefficient (Wildman–Crippen LogP) is 2.56. The number of hydrogen-bond donors (Lipinski definition) is 4. The summed E-state index contributed by atoms with van der Waals surface area (Å²) >= 11 is 3.54. The minimum atomic E-state index is 0.180. The van der Waals surface area contributed by atoms with E-state index in [0.717, 1.165) is 36.7 Å². The Morgan fingerprint density at radius 1 is 1.32 bits per heavy atom. The smallest absolute Gasteiger partial charge is 0.185 e. The van der Waals surface area contributed by atoms with E-state index in [0.29, 0.717) is 12.6 Å². The number of halogens is 1. The van der Waals surface area contributed by atoms with Gasteiger partial charge in [0.25, 0.3) is 0 Å². The van der Waals surface area contributed by atoms with Gasteiger partial charge >= 0.3 is 0 Å². The molecule has 5 nitrogen and oxygen atoms in total. The summed E-state index contributed by atoms with van der Waals surface area (Å²) in [4.78, 5) is 7.64. The highest BCUT2D eigenvalue weighted by Gasteiger charge is 2.23. The first-order chi connectivity index (χ1) is 10.6. The van der Waals surface area contributed by atoms with Crippen molar-refractivity contribution in [2.45, 2.75) is 31.7 Å². The van der Waals surface area contributed by atoms with E-state index in [4.69, 9.17) is 11.5 Å². The summed E-state index contributed by atoms with van der Waals surface area (Å²) in [6.45, 7) is 1.75. The Kier molecular flexibility index (Phi) is 4.69. The van der Waals surface area contributed by atoms with E-state index < -0.39 is 0 Å². The van der Waals surface area contributed by atoms with E-state index in [1.165, 1.54) is 22.2 Å². The van der Waals surface area contributed by atoms with Crippen molar-refractivity contribution in [3.63, 3.8) is 0 Å². The lowest BCUT2D eigenvalue weighted by Crippen LogP contribution is -2.29. The average molecular weight is 364 g/mol. The highest BCUT2D eigenvalue weighted by molar-refractivity contribution is 9.10. The van der Waals surface area contributed by atoms with Gasteiger partial charge < -0.3 is 21.8 Å². The molecule has 0 spiro atoms. The molecule has 0 saturated carbocycles. The molecular formula is C16H22BrN5. The summed E-state index contributed by atoms with van der Waals surface area (Å²) in [5.74, 6) is 0.180. The van der Waals surface area contributed by atoms with Crippen LogP contribution in [0, 0.1) is 0 Å². The van der Waals surface area contributed by atoms with Gasteiger partial charge in [0.1, 0.15) is 0 Å². The minimum absolute atomic E-state index is 0.180. The number of H-pyrrole nitrogens is 1. The van der Waals surface area contributed by atoms with Crippen LogP contribution >= 0.6 is 15.9 Å². The quantitative estimate of drug-likeness (QED) is 0.373. The number of aromatic nitrogens is 1. The van der Waals surface area contributed by atoms with Crippen LogP contribution in [0.25, 0.3) is 10.9 Å². The molecule has 2 heterocycles. The second-order valence-corrected chi connectivity index (χ2v) is 6.68. The topological polar surface area (TPSA) is 92.2 Å². The minimum Gasteiger partial charge on any atom is -0.370 e. The van der Waals surface area contributed by atoms with Crippen molar-refractivity contribution in [3.8, 4) is 0 Å². The normalized spacial score (nSPS) is 17.4. The van der Waals surface area contributed by atoms with Crippen LogP contribution in [0.1, 0.15) is 36.6 Å². The molecule has 0 bridgehead atoms. The Morgan fingerprint density at radius 3 is 3.00 bits per heavy atom. The zero-order valence-corrected chi connectivity index (χ0v) is 14.1. The number of nitrogens with one attached hydrogen (secondary N) is 2. The third kappa shape index (κ3) is 3.28.